The Hall–Kier alpha value is -4.22. The Morgan fingerprint density at radius 2 is 1.97 bits per heavy atom. The number of aryl methyl sites for hydroxylation is 1. The van der Waals surface area contributed by atoms with E-state index in [2.05, 4.69) is 9.88 Å². The number of halogens is 1. The third-order valence-corrected chi connectivity index (χ3v) is 6.45. The zero-order valence-electron chi connectivity index (χ0n) is 19.3. The zero-order chi connectivity index (χ0) is 24.5. The van der Waals surface area contributed by atoms with Crippen molar-refractivity contribution < 1.29 is 14.3 Å². The molecule has 0 spiro atoms. The molecule has 8 heteroatoms. The molecular formula is C27H24FN5O2. The summed E-state index contributed by atoms with van der Waals surface area (Å²) in [6.07, 6.45) is 1.79. The van der Waals surface area contributed by atoms with Crippen molar-refractivity contribution >= 4 is 22.4 Å². The molecule has 7 nitrogen and oxygen atoms in total. The Balaban J connectivity index is 1.32. The van der Waals surface area contributed by atoms with E-state index in [0.717, 1.165) is 33.5 Å². The van der Waals surface area contributed by atoms with Gasteiger partial charge in [-0.15, -0.1) is 0 Å². The molecule has 0 bridgehead atoms. The number of phenolic OH excluding ortho intramolecular Hbond substituents is 1. The first-order chi connectivity index (χ1) is 16.9. The maximum Gasteiger partial charge on any atom is 0.241 e. The summed E-state index contributed by atoms with van der Waals surface area (Å²) in [6.45, 7) is 4.32. The van der Waals surface area contributed by atoms with Crippen LogP contribution in [0, 0.1) is 24.1 Å². The van der Waals surface area contributed by atoms with Gasteiger partial charge in [0.2, 0.25) is 5.91 Å². The molecule has 1 aliphatic heterocycles. The molecule has 1 saturated heterocycles. The number of benzene rings is 3. The molecule has 0 saturated carbocycles. The topological polar surface area (TPSA) is 85.4 Å². The number of carbonyl (C=O) groups is 1. The number of nitriles is 1. The van der Waals surface area contributed by atoms with E-state index in [4.69, 9.17) is 5.26 Å². The molecule has 0 aliphatic carbocycles. The van der Waals surface area contributed by atoms with Crippen molar-refractivity contribution in [3.63, 3.8) is 0 Å². The molecule has 176 valence electrons. The van der Waals surface area contributed by atoms with E-state index in [-0.39, 0.29) is 23.8 Å². The maximum absolute atomic E-state index is 14.1. The average Bonchev–Trinajstić information content (AvgIpc) is 3.18. The monoisotopic (exact) mass is 469 g/mol. The van der Waals surface area contributed by atoms with E-state index in [0.29, 0.717) is 26.2 Å². The normalized spacial score (nSPS) is 14.4. The summed E-state index contributed by atoms with van der Waals surface area (Å²) in [5.74, 6) is 0.420. The molecule has 0 unspecified atom stereocenters. The molecule has 1 amide bonds. The van der Waals surface area contributed by atoms with Crippen LogP contribution in [0.15, 0.2) is 60.8 Å². The van der Waals surface area contributed by atoms with Crippen LogP contribution in [0.5, 0.6) is 5.75 Å². The summed E-state index contributed by atoms with van der Waals surface area (Å²) >= 11 is 0. The Bertz CT molecular complexity index is 1470. The van der Waals surface area contributed by atoms with E-state index in [1.54, 1.807) is 29.3 Å². The first-order valence-electron chi connectivity index (χ1n) is 11.4. The number of phenols is 1. The van der Waals surface area contributed by atoms with Gasteiger partial charge in [0.05, 0.1) is 23.5 Å². The van der Waals surface area contributed by atoms with Crippen molar-refractivity contribution in [2.24, 2.45) is 0 Å². The second-order valence-corrected chi connectivity index (χ2v) is 8.75. The number of amides is 1. The number of aromatic hydroxyl groups is 1. The maximum atomic E-state index is 14.1. The highest BCUT2D eigenvalue weighted by atomic mass is 19.1. The van der Waals surface area contributed by atoms with Crippen LogP contribution in [-0.4, -0.2) is 45.1 Å². The molecule has 1 fully saturated rings. The van der Waals surface area contributed by atoms with E-state index in [9.17, 15) is 14.3 Å². The molecule has 5 rings (SSSR count). The molecule has 35 heavy (non-hydrogen) atoms. The quantitative estimate of drug-likeness (QED) is 0.478. The lowest BCUT2D eigenvalue weighted by molar-refractivity contribution is -0.121. The van der Waals surface area contributed by atoms with Crippen LogP contribution >= 0.6 is 0 Å². The number of hydrogen-bond acceptors (Lipinski definition) is 5. The predicted octanol–water partition coefficient (Wildman–Crippen LogP) is 3.96. The van der Waals surface area contributed by atoms with Gasteiger partial charge in [-0.1, -0.05) is 24.3 Å². The Kier molecular flexibility index (Phi) is 5.93. The molecule has 1 N–H and O–H groups in total. The number of imidazole rings is 1. The van der Waals surface area contributed by atoms with E-state index >= 15 is 0 Å². The highest BCUT2D eigenvalue weighted by Gasteiger charge is 2.27. The average molecular weight is 470 g/mol. The molecule has 3 aromatic carbocycles. The molecule has 0 atom stereocenters. The fourth-order valence-corrected chi connectivity index (χ4v) is 4.61. The second-order valence-electron chi connectivity index (χ2n) is 8.75. The fourth-order valence-electron chi connectivity index (χ4n) is 4.61. The number of piperazine rings is 1. The zero-order valence-corrected chi connectivity index (χ0v) is 19.3. The van der Waals surface area contributed by atoms with Gasteiger partial charge in [-0.2, -0.15) is 5.26 Å². The van der Waals surface area contributed by atoms with Gasteiger partial charge in [0.1, 0.15) is 23.5 Å². The molecule has 4 aromatic rings. The summed E-state index contributed by atoms with van der Waals surface area (Å²) < 4.78 is 16.1. The minimum absolute atomic E-state index is 0.0101. The van der Waals surface area contributed by atoms with Crippen LogP contribution < -0.4 is 4.90 Å². The van der Waals surface area contributed by atoms with E-state index < -0.39 is 5.82 Å². The Morgan fingerprint density at radius 3 is 2.74 bits per heavy atom. The Labute approximate surface area is 202 Å². The number of anilines is 1. The van der Waals surface area contributed by atoms with E-state index in [1.165, 1.54) is 12.1 Å². The van der Waals surface area contributed by atoms with Gasteiger partial charge in [0, 0.05) is 37.8 Å². The minimum Gasteiger partial charge on any atom is -0.508 e. The highest BCUT2D eigenvalue weighted by Crippen LogP contribution is 2.31. The van der Waals surface area contributed by atoms with Gasteiger partial charge in [-0.3, -0.25) is 9.69 Å². The van der Waals surface area contributed by atoms with Gasteiger partial charge in [0.15, 0.2) is 0 Å². The van der Waals surface area contributed by atoms with Gasteiger partial charge in [-0.25, -0.2) is 9.37 Å². The first-order valence-corrected chi connectivity index (χ1v) is 11.4. The Morgan fingerprint density at radius 1 is 1.11 bits per heavy atom. The van der Waals surface area contributed by atoms with Crippen molar-refractivity contribution in [2.75, 3.05) is 24.5 Å². The van der Waals surface area contributed by atoms with Crippen LogP contribution in [-0.2, 0) is 17.9 Å². The molecule has 1 aliphatic rings. The van der Waals surface area contributed by atoms with Crippen LogP contribution in [0.2, 0.25) is 0 Å². The van der Waals surface area contributed by atoms with Crippen molar-refractivity contribution in [3.05, 3.63) is 89.3 Å². The number of fused-ring (bicyclic) bond motifs is 1. The summed E-state index contributed by atoms with van der Waals surface area (Å²) in [4.78, 5) is 21.4. The molecule has 2 heterocycles. The summed E-state index contributed by atoms with van der Waals surface area (Å²) in [7, 11) is 0. The highest BCUT2D eigenvalue weighted by molar-refractivity contribution is 6.05. The van der Waals surface area contributed by atoms with Crippen LogP contribution in [0.1, 0.15) is 22.6 Å². The third kappa shape index (κ3) is 4.46. The fraction of sp³-hybridized carbons (Fsp3) is 0.222. The van der Waals surface area contributed by atoms with Gasteiger partial charge < -0.3 is 14.6 Å². The SMILES string of the molecule is Cc1ncc(CN2CCN(c3cccc4ccc(O)cc34)C(=O)C2)n1Cc1ccc(C#N)c(F)c1. The number of hydrogen-bond donors (Lipinski definition) is 1. The molecule has 0 radical (unpaired) electrons. The summed E-state index contributed by atoms with van der Waals surface area (Å²) in [5.41, 5.74) is 2.49. The number of rotatable bonds is 5. The lowest BCUT2D eigenvalue weighted by atomic mass is 10.1. The third-order valence-electron chi connectivity index (χ3n) is 6.45. The van der Waals surface area contributed by atoms with Crippen LogP contribution in [0.4, 0.5) is 10.1 Å². The van der Waals surface area contributed by atoms with Gasteiger partial charge >= 0.3 is 0 Å². The molecular weight excluding hydrogens is 445 g/mol. The number of nitrogens with zero attached hydrogens (tertiary/aromatic N) is 5. The summed E-state index contributed by atoms with van der Waals surface area (Å²) in [5, 5.41) is 20.7. The lowest BCUT2D eigenvalue weighted by Crippen LogP contribution is -2.50. The largest absolute Gasteiger partial charge is 0.508 e. The van der Waals surface area contributed by atoms with Crippen molar-refractivity contribution in [1.82, 2.24) is 14.5 Å². The predicted molar refractivity (Wildman–Crippen MR) is 130 cm³/mol. The lowest BCUT2D eigenvalue weighted by Gasteiger charge is -2.35. The van der Waals surface area contributed by atoms with Gasteiger partial charge in [0.25, 0.3) is 0 Å². The first kappa shape index (κ1) is 22.6. The van der Waals surface area contributed by atoms with Crippen molar-refractivity contribution in [3.8, 4) is 11.8 Å². The number of carbonyl (C=O) groups excluding carboxylic acids is 1. The summed E-state index contributed by atoms with van der Waals surface area (Å²) in [6, 6.07) is 17.4. The van der Waals surface area contributed by atoms with E-state index in [1.807, 2.05) is 41.8 Å². The van der Waals surface area contributed by atoms with Gasteiger partial charge in [-0.05, 0) is 48.2 Å². The van der Waals surface area contributed by atoms with Crippen LogP contribution in [0.25, 0.3) is 10.8 Å². The second kappa shape index (κ2) is 9.20. The minimum atomic E-state index is -0.534. The number of aromatic nitrogens is 2. The smallest absolute Gasteiger partial charge is 0.241 e. The molecule has 1 aromatic heterocycles. The van der Waals surface area contributed by atoms with Crippen molar-refractivity contribution in [2.45, 2.75) is 20.0 Å². The standard InChI is InChI=1S/C27H24FN5O2/c1-18-30-14-22(33(18)15-19-5-6-21(13-29)25(28)11-19)16-31-9-10-32(27(35)17-31)26-4-2-3-20-7-8-23(34)12-24(20)26/h2-8,11-12,14,34H,9-10,15-17H2,1H3. The van der Waals surface area contributed by atoms with Crippen LogP contribution in [0.3, 0.4) is 0 Å². The van der Waals surface area contributed by atoms with Crippen molar-refractivity contribution in [1.29, 1.82) is 5.26 Å².